The molecule has 0 aliphatic heterocycles. The molecule has 0 radical (unpaired) electrons. The minimum Gasteiger partial charge on any atom is -0.384 e. The molecule has 4 heteroatoms. The molecule has 1 aromatic carbocycles. The molecular weight excluding hydrogens is 210 g/mol. The molecule has 15 heavy (non-hydrogen) atoms. The van der Waals surface area contributed by atoms with E-state index >= 15 is 0 Å². The van der Waals surface area contributed by atoms with E-state index in [1.807, 2.05) is 19.1 Å². The Bertz CT molecular complexity index is 549. The number of nitrogens with two attached hydrogens (primary N) is 1. The number of hydrogen-bond acceptors (Lipinski definition) is 2. The van der Waals surface area contributed by atoms with Gasteiger partial charge in [-0.25, -0.2) is 0 Å². The fourth-order valence-electron chi connectivity index (χ4n) is 1.56. The predicted molar refractivity (Wildman–Crippen MR) is 62.5 cm³/mol. The lowest BCUT2D eigenvalue weighted by Crippen LogP contribution is -2.12. The van der Waals surface area contributed by atoms with Gasteiger partial charge in [0.25, 0.3) is 0 Å². The first kappa shape index (κ1) is 9.93. The van der Waals surface area contributed by atoms with E-state index in [-0.39, 0.29) is 5.84 Å². The first-order valence-corrected chi connectivity index (χ1v) is 4.87. The number of amidine groups is 1. The van der Waals surface area contributed by atoms with E-state index in [1.54, 1.807) is 12.1 Å². The first-order valence-electron chi connectivity index (χ1n) is 4.50. The monoisotopic (exact) mass is 219 g/mol. The SMILES string of the molecule is Cc1cc(C(=N)N)c2cccc(Cl)c2n1. The number of nitrogen functional groups attached to an aromatic ring is 1. The van der Waals surface area contributed by atoms with Crippen LogP contribution in [0, 0.1) is 12.3 Å². The Morgan fingerprint density at radius 1 is 1.47 bits per heavy atom. The van der Waals surface area contributed by atoms with Crippen LogP contribution in [0.4, 0.5) is 0 Å². The number of halogens is 1. The normalized spacial score (nSPS) is 10.5. The Hall–Kier alpha value is -1.61. The van der Waals surface area contributed by atoms with Crippen molar-refractivity contribution in [3.05, 3.63) is 40.5 Å². The zero-order valence-corrected chi connectivity index (χ0v) is 8.97. The van der Waals surface area contributed by atoms with Gasteiger partial charge in [0.1, 0.15) is 5.84 Å². The van der Waals surface area contributed by atoms with Gasteiger partial charge in [-0.1, -0.05) is 23.7 Å². The highest BCUT2D eigenvalue weighted by molar-refractivity contribution is 6.35. The molecule has 0 unspecified atom stereocenters. The summed E-state index contributed by atoms with van der Waals surface area (Å²) in [6.45, 7) is 1.86. The predicted octanol–water partition coefficient (Wildman–Crippen LogP) is 2.48. The molecule has 0 saturated carbocycles. The quantitative estimate of drug-likeness (QED) is 0.572. The van der Waals surface area contributed by atoms with Gasteiger partial charge in [0, 0.05) is 16.6 Å². The molecule has 0 spiro atoms. The van der Waals surface area contributed by atoms with Crippen molar-refractivity contribution in [3.63, 3.8) is 0 Å². The molecular formula is C11H10ClN3. The zero-order valence-electron chi connectivity index (χ0n) is 8.21. The second-order valence-corrected chi connectivity index (χ2v) is 3.77. The number of hydrogen-bond donors (Lipinski definition) is 2. The van der Waals surface area contributed by atoms with Crippen molar-refractivity contribution < 1.29 is 0 Å². The molecule has 0 saturated heterocycles. The summed E-state index contributed by atoms with van der Waals surface area (Å²) >= 11 is 6.03. The van der Waals surface area contributed by atoms with Crippen molar-refractivity contribution in [2.75, 3.05) is 0 Å². The second-order valence-electron chi connectivity index (χ2n) is 3.36. The summed E-state index contributed by atoms with van der Waals surface area (Å²) in [7, 11) is 0. The van der Waals surface area contributed by atoms with Gasteiger partial charge in [-0.2, -0.15) is 0 Å². The molecule has 1 heterocycles. The van der Waals surface area contributed by atoms with Gasteiger partial charge < -0.3 is 5.73 Å². The van der Waals surface area contributed by atoms with E-state index in [0.29, 0.717) is 16.1 Å². The van der Waals surface area contributed by atoms with Crippen LogP contribution in [0.2, 0.25) is 5.02 Å². The lowest BCUT2D eigenvalue weighted by molar-refractivity contribution is 1.24. The number of nitrogens with zero attached hydrogens (tertiary/aromatic N) is 1. The Morgan fingerprint density at radius 3 is 2.87 bits per heavy atom. The zero-order chi connectivity index (χ0) is 11.0. The first-order chi connectivity index (χ1) is 7.09. The summed E-state index contributed by atoms with van der Waals surface area (Å²) in [5, 5.41) is 8.89. The largest absolute Gasteiger partial charge is 0.384 e. The van der Waals surface area contributed by atoms with Crippen LogP contribution in [0.1, 0.15) is 11.3 Å². The Balaban J connectivity index is 2.92. The summed E-state index contributed by atoms with van der Waals surface area (Å²) in [5.41, 5.74) is 7.70. The second kappa shape index (κ2) is 3.51. The molecule has 0 amide bonds. The molecule has 0 aliphatic rings. The van der Waals surface area contributed by atoms with Crippen molar-refractivity contribution in [3.8, 4) is 0 Å². The van der Waals surface area contributed by atoms with Crippen LogP contribution < -0.4 is 5.73 Å². The minimum atomic E-state index is 0.0350. The summed E-state index contributed by atoms with van der Waals surface area (Å²) in [5.74, 6) is 0.0350. The number of nitrogens with one attached hydrogen (secondary N) is 1. The van der Waals surface area contributed by atoms with Crippen molar-refractivity contribution >= 4 is 28.3 Å². The van der Waals surface area contributed by atoms with Crippen molar-refractivity contribution in [2.45, 2.75) is 6.92 Å². The maximum Gasteiger partial charge on any atom is 0.123 e. The van der Waals surface area contributed by atoms with Gasteiger partial charge in [-0.15, -0.1) is 0 Å². The molecule has 2 aromatic rings. The van der Waals surface area contributed by atoms with E-state index < -0.39 is 0 Å². The van der Waals surface area contributed by atoms with Crippen LogP contribution in [0.25, 0.3) is 10.9 Å². The van der Waals surface area contributed by atoms with Gasteiger partial charge in [-0.05, 0) is 19.1 Å². The molecule has 3 nitrogen and oxygen atoms in total. The highest BCUT2D eigenvalue weighted by atomic mass is 35.5. The molecule has 0 aliphatic carbocycles. The Labute approximate surface area is 92.4 Å². The van der Waals surface area contributed by atoms with Crippen LogP contribution >= 0.6 is 11.6 Å². The third-order valence-corrected chi connectivity index (χ3v) is 2.51. The van der Waals surface area contributed by atoms with E-state index in [2.05, 4.69) is 4.98 Å². The van der Waals surface area contributed by atoms with Crippen LogP contribution in [-0.2, 0) is 0 Å². The van der Waals surface area contributed by atoms with E-state index in [0.717, 1.165) is 11.1 Å². The van der Waals surface area contributed by atoms with Crippen LogP contribution in [0.3, 0.4) is 0 Å². The van der Waals surface area contributed by atoms with Gasteiger partial charge in [0.05, 0.1) is 10.5 Å². The Morgan fingerprint density at radius 2 is 2.20 bits per heavy atom. The van der Waals surface area contributed by atoms with E-state index in [1.165, 1.54) is 0 Å². The van der Waals surface area contributed by atoms with Crippen molar-refractivity contribution in [1.82, 2.24) is 4.98 Å². The molecule has 0 fully saturated rings. The standard InChI is InChI=1S/C11H10ClN3/c1-6-5-8(11(13)14)7-3-2-4-9(12)10(7)15-6/h2-5H,1H3,(H3,13,14). The average Bonchev–Trinajstić information content (AvgIpc) is 2.18. The van der Waals surface area contributed by atoms with Gasteiger partial charge >= 0.3 is 0 Å². The number of pyridine rings is 1. The lowest BCUT2D eigenvalue weighted by Gasteiger charge is -2.06. The molecule has 0 bridgehead atoms. The summed E-state index contributed by atoms with van der Waals surface area (Å²) in [6.07, 6.45) is 0. The number of aromatic nitrogens is 1. The Kier molecular flexibility index (Phi) is 2.32. The molecule has 1 aromatic heterocycles. The van der Waals surface area contributed by atoms with Crippen molar-refractivity contribution in [2.24, 2.45) is 5.73 Å². The number of para-hydroxylation sites is 1. The van der Waals surface area contributed by atoms with Gasteiger partial charge in [0.15, 0.2) is 0 Å². The molecule has 0 atom stereocenters. The lowest BCUT2D eigenvalue weighted by atomic mass is 10.1. The van der Waals surface area contributed by atoms with Crippen LogP contribution in [0.5, 0.6) is 0 Å². The van der Waals surface area contributed by atoms with Gasteiger partial charge in [-0.3, -0.25) is 10.4 Å². The average molecular weight is 220 g/mol. The summed E-state index contributed by atoms with van der Waals surface area (Å²) < 4.78 is 0. The molecule has 2 rings (SSSR count). The molecule has 3 N–H and O–H groups in total. The van der Waals surface area contributed by atoms with E-state index in [4.69, 9.17) is 22.7 Å². The smallest absolute Gasteiger partial charge is 0.123 e. The van der Waals surface area contributed by atoms with Crippen LogP contribution in [0.15, 0.2) is 24.3 Å². The topological polar surface area (TPSA) is 62.8 Å². The summed E-state index contributed by atoms with van der Waals surface area (Å²) in [6, 6.07) is 7.26. The maximum atomic E-state index is 7.49. The maximum absolute atomic E-state index is 7.49. The van der Waals surface area contributed by atoms with E-state index in [9.17, 15) is 0 Å². The number of aryl methyl sites for hydroxylation is 1. The molecule has 76 valence electrons. The third kappa shape index (κ3) is 1.66. The van der Waals surface area contributed by atoms with Crippen molar-refractivity contribution in [1.29, 1.82) is 5.41 Å². The number of benzene rings is 1. The highest BCUT2D eigenvalue weighted by Gasteiger charge is 2.08. The summed E-state index contributed by atoms with van der Waals surface area (Å²) in [4.78, 5) is 4.33. The fourth-order valence-corrected chi connectivity index (χ4v) is 1.78. The highest BCUT2D eigenvalue weighted by Crippen LogP contribution is 2.24. The fraction of sp³-hybridized carbons (Fsp3) is 0.0909. The third-order valence-electron chi connectivity index (χ3n) is 2.21. The van der Waals surface area contributed by atoms with Gasteiger partial charge in [0.2, 0.25) is 0 Å². The minimum absolute atomic E-state index is 0.0350. The number of rotatable bonds is 1. The van der Waals surface area contributed by atoms with Crippen LogP contribution in [-0.4, -0.2) is 10.8 Å². The number of fused-ring (bicyclic) bond motifs is 1.